The highest BCUT2D eigenvalue weighted by Crippen LogP contribution is 2.22. The summed E-state index contributed by atoms with van der Waals surface area (Å²) < 4.78 is 7.71. The minimum absolute atomic E-state index is 0.0447. The molecule has 5 nitrogen and oxygen atoms in total. The molecule has 29 heavy (non-hydrogen) atoms. The van der Waals surface area contributed by atoms with Crippen molar-refractivity contribution < 1.29 is 4.42 Å². The Morgan fingerprint density at radius 2 is 1.72 bits per heavy atom. The Labute approximate surface area is 166 Å². The van der Waals surface area contributed by atoms with Gasteiger partial charge in [0, 0.05) is 29.7 Å². The second kappa shape index (κ2) is 7.20. The monoisotopic (exact) mass is 379 g/mol. The van der Waals surface area contributed by atoms with E-state index in [-0.39, 0.29) is 5.43 Å². The zero-order chi connectivity index (χ0) is 19.6. The first-order valence-electron chi connectivity index (χ1n) is 9.32. The normalized spacial score (nSPS) is 11.0. The number of rotatable bonds is 4. The van der Waals surface area contributed by atoms with Crippen molar-refractivity contribution in [1.29, 1.82) is 0 Å². The third-order valence-corrected chi connectivity index (χ3v) is 4.89. The van der Waals surface area contributed by atoms with Gasteiger partial charge in [0.1, 0.15) is 11.4 Å². The number of hydrogen-bond acceptors (Lipinski definition) is 4. The Bertz CT molecular complexity index is 1340. The Kier molecular flexibility index (Phi) is 4.26. The highest BCUT2D eigenvalue weighted by atomic mass is 16.3. The number of pyridine rings is 1. The summed E-state index contributed by atoms with van der Waals surface area (Å²) in [6.07, 6.45) is 6.89. The van der Waals surface area contributed by atoms with Crippen LogP contribution in [0.3, 0.4) is 0 Å². The first-order chi connectivity index (χ1) is 14.3. The van der Waals surface area contributed by atoms with Crippen LogP contribution in [0.2, 0.25) is 0 Å². The molecule has 0 fully saturated rings. The van der Waals surface area contributed by atoms with E-state index in [0.29, 0.717) is 23.1 Å². The lowest BCUT2D eigenvalue weighted by molar-refractivity contribution is 0.587. The molecule has 0 amide bonds. The van der Waals surface area contributed by atoms with Crippen molar-refractivity contribution in [1.82, 2.24) is 14.5 Å². The lowest BCUT2D eigenvalue weighted by Crippen LogP contribution is -2.13. The van der Waals surface area contributed by atoms with Crippen molar-refractivity contribution in [2.24, 2.45) is 0 Å². The second-order valence-corrected chi connectivity index (χ2v) is 6.76. The molecule has 3 heterocycles. The van der Waals surface area contributed by atoms with Crippen molar-refractivity contribution >= 4 is 11.0 Å². The van der Waals surface area contributed by atoms with Gasteiger partial charge in [0.05, 0.1) is 29.5 Å². The number of aromatic nitrogens is 3. The predicted molar refractivity (Wildman–Crippen MR) is 112 cm³/mol. The summed E-state index contributed by atoms with van der Waals surface area (Å²) in [6, 6.07) is 21.2. The number of hydrogen-bond donors (Lipinski definition) is 0. The summed E-state index contributed by atoms with van der Waals surface area (Å²) in [5.74, 6) is 0.812. The van der Waals surface area contributed by atoms with Crippen molar-refractivity contribution in [3.63, 3.8) is 0 Å². The minimum Gasteiger partial charge on any atom is -0.464 e. The molecule has 0 aliphatic rings. The van der Waals surface area contributed by atoms with Gasteiger partial charge in [-0.1, -0.05) is 36.4 Å². The standard InChI is InChI=1S/C24H17N3O2/c28-23-19(15-27-13-12-26-24(27)17-6-2-1-3-7-17)16-29-22-10-9-18(14-20(22)23)21-8-4-5-11-25-21/h1-14,16H,15H2. The molecule has 0 unspecified atom stereocenters. The highest BCUT2D eigenvalue weighted by Gasteiger charge is 2.12. The number of benzene rings is 2. The molecule has 0 N–H and O–H groups in total. The van der Waals surface area contributed by atoms with Gasteiger partial charge in [0.2, 0.25) is 0 Å². The molecule has 5 rings (SSSR count). The maximum absolute atomic E-state index is 13.2. The van der Waals surface area contributed by atoms with Gasteiger partial charge in [0.25, 0.3) is 0 Å². The molecule has 0 bridgehead atoms. The summed E-state index contributed by atoms with van der Waals surface area (Å²) in [6.45, 7) is 0.385. The van der Waals surface area contributed by atoms with E-state index in [2.05, 4.69) is 9.97 Å². The fourth-order valence-electron chi connectivity index (χ4n) is 3.44. The van der Waals surface area contributed by atoms with Crippen LogP contribution in [0.15, 0.2) is 101 Å². The van der Waals surface area contributed by atoms with Gasteiger partial charge in [0.15, 0.2) is 5.43 Å². The van der Waals surface area contributed by atoms with Crippen LogP contribution in [0.5, 0.6) is 0 Å². The lowest BCUT2D eigenvalue weighted by Gasteiger charge is -2.09. The van der Waals surface area contributed by atoms with Gasteiger partial charge in [-0.15, -0.1) is 0 Å². The lowest BCUT2D eigenvalue weighted by atomic mass is 10.1. The zero-order valence-electron chi connectivity index (χ0n) is 15.5. The number of fused-ring (bicyclic) bond motifs is 1. The van der Waals surface area contributed by atoms with Gasteiger partial charge in [-0.3, -0.25) is 9.78 Å². The topological polar surface area (TPSA) is 60.9 Å². The average Bonchev–Trinajstić information content (AvgIpc) is 3.25. The molecule has 5 aromatic rings. The van der Waals surface area contributed by atoms with E-state index >= 15 is 0 Å². The van der Waals surface area contributed by atoms with Crippen LogP contribution < -0.4 is 5.43 Å². The van der Waals surface area contributed by atoms with Gasteiger partial charge < -0.3 is 8.98 Å². The SMILES string of the molecule is O=c1c(Cn2ccnc2-c2ccccc2)coc2ccc(-c3ccccn3)cc12. The maximum Gasteiger partial charge on any atom is 0.197 e. The van der Waals surface area contributed by atoms with Crippen LogP contribution in [0.1, 0.15) is 5.56 Å². The first-order valence-corrected chi connectivity index (χ1v) is 9.32. The average molecular weight is 379 g/mol. The molecule has 0 saturated heterocycles. The fourth-order valence-corrected chi connectivity index (χ4v) is 3.44. The van der Waals surface area contributed by atoms with Crippen LogP contribution in [-0.2, 0) is 6.54 Å². The highest BCUT2D eigenvalue weighted by molar-refractivity contribution is 5.82. The number of nitrogens with zero attached hydrogens (tertiary/aromatic N) is 3. The summed E-state index contributed by atoms with van der Waals surface area (Å²) in [5, 5.41) is 0.548. The summed E-state index contributed by atoms with van der Waals surface area (Å²) in [7, 11) is 0. The molecule has 0 aliphatic carbocycles. The molecule has 5 heteroatoms. The molecule has 3 aromatic heterocycles. The molecule has 2 aromatic carbocycles. The number of imidazole rings is 1. The van der Waals surface area contributed by atoms with E-state index < -0.39 is 0 Å². The quantitative estimate of drug-likeness (QED) is 0.451. The molecular formula is C24H17N3O2. The van der Waals surface area contributed by atoms with E-state index in [1.807, 2.05) is 77.5 Å². The Hall–Kier alpha value is -3.99. The third-order valence-electron chi connectivity index (χ3n) is 4.89. The van der Waals surface area contributed by atoms with Crippen molar-refractivity contribution in [3.8, 4) is 22.6 Å². The van der Waals surface area contributed by atoms with E-state index in [1.165, 1.54) is 0 Å². The first kappa shape index (κ1) is 17.1. The molecule has 0 saturated carbocycles. The molecule has 0 spiro atoms. The van der Waals surface area contributed by atoms with Gasteiger partial charge in [-0.2, -0.15) is 0 Å². The van der Waals surface area contributed by atoms with Crippen LogP contribution in [0, 0.1) is 0 Å². The van der Waals surface area contributed by atoms with Gasteiger partial charge >= 0.3 is 0 Å². The molecule has 0 aliphatic heterocycles. The summed E-state index contributed by atoms with van der Waals surface area (Å²) in [5.41, 5.74) is 3.80. The molecule has 0 atom stereocenters. The molecule has 140 valence electrons. The fraction of sp³-hybridized carbons (Fsp3) is 0.0417. The largest absolute Gasteiger partial charge is 0.464 e. The van der Waals surface area contributed by atoms with E-state index in [4.69, 9.17) is 4.42 Å². The molecule has 0 radical (unpaired) electrons. The smallest absolute Gasteiger partial charge is 0.197 e. The van der Waals surface area contributed by atoms with Crippen molar-refractivity contribution in [3.05, 3.63) is 107 Å². The van der Waals surface area contributed by atoms with Crippen LogP contribution >= 0.6 is 0 Å². The maximum atomic E-state index is 13.2. The van der Waals surface area contributed by atoms with Crippen LogP contribution in [0.4, 0.5) is 0 Å². The summed E-state index contributed by atoms with van der Waals surface area (Å²) in [4.78, 5) is 22.0. The Balaban J connectivity index is 1.56. The van der Waals surface area contributed by atoms with E-state index in [9.17, 15) is 4.79 Å². The van der Waals surface area contributed by atoms with Gasteiger partial charge in [-0.25, -0.2) is 4.98 Å². The third kappa shape index (κ3) is 3.23. The Morgan fingerprint density at radius 3 is 2.55 bits per heavy atom. The predicted octanol–water partition coefficient (Wildman–Crippen LogP) is 4.77. The van der Waals surface area contributed by atoms with Crippen molar-refractivity contribution in [2.45, 2.75) is 6.54 Å². The minimum atomic E-state index is -0.0447. The van der Waals surface area contributed by atoms with E-state index in [0.717, 1.165) is 22.6 Å². The second-order valence-electron chi connectivity index (χ2n) is 6.76. The van der Waals surface area contributed by atoms with Crippen molar-refractivity contribution in [2.75, 3.05) is 0 Å². The molecular weight excluding hydrogens is 362 g/mol. The van der Waals surface area contributed by atoms with Gasteiger partial charge in [-0.05, 0) is 30.3 Å². The summed E-state index contributed by atoms with van der Waals surface area (Å²) >= 11 is 0. The Morgan fingerprint density at radius 1 is 0.862 bits per heavy atom. The van der Waals surface area contributed by atoms with Crippen LogP contribution in [0.25, 0.3) is 33.6 Å². The zero-order valence-corrected chi connectivity index (χ0v) is 15.5. The van der Waals surface area contributed by atoms with E-state index in [1.54, 1.807) is 18.7 Å². The van der Waals surface area contributed by atoms with Crippen LogP contribution in [-0.4, -0.2) is 14.5 Å².